The average Bonchev–Trinajstić information content (AvgIpc) is 3.54. The van der Waals surface area contributed by atoms with Crippen molar-refractivity contribution in [1.29, 1.82) is 0 Å². The Morgan fingerprint density at radius 3 is 2.27 bits per heavy atom. The van der Waals surface area contributed by atoms with E-state index in [0.29, 0.717) is 18.6 Å². The van der Waals surface area contributed by atoms with Crippen LogP contribution in [0.5, 0.6) is 0 Å². The molecule has 2 aromatic heterocycles. The molecule has 0 spiro atoms. The maximum Gasteiger partial charge on any atom is 0.376 e. The van der Waals surface area contributed by atoms with E-state index in [1.54, 1.807) is 6.92 Å². The van der Waals surface area contributed by atoms with Crippen LogP contribution < -0.4 is 10.6 Å². The Morgan fingerprint density at radius 1 is 1.02 bits per heavy atom. The number of aliphatic hydroxyl groups is 2. The number of carbonyl (C=O) groups is 2. The summed E-state index contributed by atoms with van der Waals surface area (Å²) in [5.41, 5.74) is 2.62. The molecule has 0 saturated carbocycles. The van der Waals surface area contributed by atoms with E-state index < -0.39 is 36.4 Å². The number of carbonyl (C=O) groups excluding carboxylic acids is 2. The minimum atomic E-state index is -1.48. The minimum Gasteiger partial charge on any atom is -0.463 e. The van der Waals surface area contributed by atoms with Crippen LogP contribution in [0, 0.1) is 0 Å². The van der Waals surface area contributed by atoms with Gasteiger partial charge in [0.25, 0.3) is 5.91 Å². The van der Waals surface area contributed by atoms with Gasteiger partial charge in [0, 0.05) is 19.0 Å². The van der Waals surface area contributed by atoms with Crippen LogP contribution in [-0.2, 0) is 14.3 Å². The Hall–Kier alpha value is -4.39. The number of esters is 1. The van der Waals surface area contributed by atoms with Crippen molar-refractivity contribution in [2.24, 2.45) is 0 Å². The second-order valence-electron chi connectivity index (χ2n) is 9.29. The van der Waals surface area contributed by atoms with Gasteiger partial charge in [0.2, 0.25) is 5.82 Å². The van der Waals surface area contributed by atoms with Gasteiger partial charge in [0.1, 0.15) is 12.2 Å². The second kappa shape index (κ2) is 11.8. The van der Waals surface area contributed by atoms with Crippen LogP contribution >= 0.6 is 0 Å². The highest BCUT2D eigenvalue weighted by Crippen LogP contribution is 2.33. The van der Waals surface area contributed by atoms with E-state index in [2.05, 4.69) is 25.6 Å². The number of methoxy groups -OCH3 is 1. The summed E-state index contributed by atoms with van der Waals surface area (Å²) in [4.78, 5) is 38.0. The Kier molecular flexibility index (Phi) is 8.01. The predicted octanol–water partition coefficient (Wildman–Crippen LogP) is 1.61. The fourth-order valence-electron chi connectivity index (χ4n) is 4.79. The minimum absolute atomic E-state index is 0.0518. The first kappa shape index (κ1) is 27.2. The molecule has 0 radical (unpaired) electrons. The smallest absolute Gasteiger partial charge is 0.376 e. The van der Waals surface area contributed by atoms with Crippen LogP contribution in [0.1, 0.15) is 40.8 Å². The van der Waals surface area contributed by atoms with E-state index in [1.165, 1.54) is 18.0 Å². The highest BCUT2D eigenvalue weighted by molar-refractivity contribution is 5.91. The largest absolute Gasteiger partial charge is 0.463 e. The van der Waals surface area contributed by atoms with Crippen LogP contribution in [0.2, 0.25) is 0 Å². The summed E-state index contributed by atoms with van der Waals surface area (Å²) >= 11 is 0. The summed E-state index contributed by atoms with van der Waals surface area (Å²) in [6.07, 6.45) is -4.07. The molecule has 12 nitrogen and oxygen atoms in total. The third-order valence-corrected chi connectivity index (χ3v) is 6.79. The van der Waals surface area contributed by atoms with Crippen molar-refractivity contribution in [1.82, 2.24) is 24.8 Å². The third-order valence-electron chi connectivity index (χ3n) is 6.79. The summed E-state index contributed by atoms with van der Waals surface area (Å²) in [6.45, 7) is 2.47. The monoisotopic (exact) mass is 546 g/mol. The Labute approximate surface area is 230 Å². The second-order valence-corrected chi connectivity index (χ2v) is 9.29. The number of hydrogen-bond acceptors (Lipinski definition) is 10. The number of fused-ring (bicyclic) bond motifs is 1. The molecule has 0 bridgehead atoms. The normalized spacial score (nSPS) is 20.5. The summed E-state index contributed by atoms with van der Waals surface area (Å²) in [6, 6.07) is 20.0. The summed E-state index contributed by atoms with van der Waals surface area (Å²) < 4.78 is 12.0. The number of aliphatic hydroxyl groups excluding tert-OH is 2. The first-order chi connectivity index (χ1) is 19.4. The highest BCUT2D eigenvalue weighted by Gasteiger charge is 2.47. The van der Waals surface area contributed by atoms with Crippen molar-refractivity contribution < 1.29 is 29.3 Å². The zero-order valence-electron chi connectivity index (χ0n) is 22.0. The van der Waals surface area contributed by atoms with Gasteiger partial charge in [-0.3, -0.25) is 9.36 Å². The molecule has 4 N–H and O–H groups in total. The van der Waals surface area contributed by atoms with Crippen molar-refractivity contribution in [3.05, 3.63) is 83.9 Å². The Morgan fingerprint density at radius 2 is 1.68 bits per heavy atom. The van der Waals surface area contributed by atoms with Gasteiger partial charge in [-0.1, -0.05) is 60.7 Å². The lowest BCUT2D eigenvalue weighted by atomic mass is 9.91. The first-order valence-corrected chi connectivity index (χ1v) is 12.9. The van der Waals surface area contributed by atoms with Crippen molar-refractivity contribution in [3.8, 4) is 0 Å². The molecule has 3 unspecified atom stereocenters. The number of nitrogens with zero attached hydrogens (tertiary/aromatic N) is 4. The fraction of sp³-hybridized carbons (Fsp3) is 0.321. The molecule has 4 atom stereocenters. The number of ether oxygens (including phenoxy) is 2. The van der Waals surface area contributed by atoms with Gasteiger partial charge in [0.05, 0.1) is 13.4 Å². The third kappa shape index (κ3) is 5.24. The van der Waals surface area contributed by atoms with Gasteiger partial charge in [-0.05, 0) is 18.1 Å². The molecule has 1 aliphatic heterocycles. The molecule has 208 valence electrons. The van der Waals surface area contributed by atoms with E-state index >= 15 is 0 Å². The van der Waals surface area contributed by atoms with E-state index in [-0.39, 0.29) is 23.2 Å². The van der Waals surface area contributed by atoms with Crippen LogP contribution in [0.4, 0.5) is 5.82 Å². The van der Waals surface area contributed by atoms with Crippen LogP contribution in [-0.4, -0.2) is 80.1 Å². The van der Waals surface area contributed by atoms with Gasteiger partial charge < -0.3 is 30.3 Å². The number of hydrogen-bond donors (Lipinski definition) is 4. The molecule has 0 aliphatic carbocycles. The molecule has 2 aromatic carbocycles. The van der Waals surface area contributed by atoms with Gasteiger partial charge >= 0.3 is 5.97 Å². The number of imidazole rings is 1. The molecule has 5 rings (SSSR count). The summed E-state index contributed by atoms with van der Waals surface area (Å²) in [5, 5.41) is 27.1. The molecule has 12 heteroatoms. The number of likely N-dealkylation sites (N-methyl/N-ethyl adjacent to an activating group) is 1. The quantitative estimate of drug-likeness (QED) is 0.227. The maximum absolute atomic E-state index is 12.5. The Balaban J connectivity index is 1.51. The molecule has 1 saturated heterocycles. The zero-order valence-corrected chi connectivity index (χ0v) is 22.0. The number of anilines is 1. The number of benzene rings is 2. The summed E-state index contributed by atoms with van der Waals surface area (Å²) in [5.74, 6) is -1.34. The Bertz CT molecular complexity index is 1440. The van der Waals surface area contributed by atoms with Crippen LogP contribution in [0.3, 0.4) is 0 Å². The predicted molar refractivity (Wildman–Crippen MR) is 144 cm³/mol. The van der Waals surface area contributed by atoms with Crippen molar-refractivity contribution >= 4 is 28.9 Å². The molecule has 1 fully saturated rings. The lowest BCUT2D eigenvalue weighted by molar-refractivity contribution is -0.137. The SMILES string of the molecule is CCNC(=O)[C@H]1OC(n2cnc3c(NCC(c4ccccc4)c4ccccc4)nc(C(=O)OC)nc32)C(O)C1O. The number of rotatable bonds is 9. The molecular weight excluding hydrogens is 516 g/mol. The molecular formula is C28H30N6O6. The standard InChI is InChI=1S/C28H30N6O6/c1-3-29-26(37)22-20(35)21(36)27(40-22)34-15-31-19-23(32-24(28(38)39-2)33-25(19)34)30-14-18(16-10-6-4-7-11-16)17-12-8-5-9-13-17/h4-13,15,18,20-22,27,35-36H,3,14H2,1-2H3,(H,29,37)(H,30,32,33)/t20?,21?,22-,27?/m0/s1. The van der Waals surface area contributed by atoms with Crippen molar-refractivity contribution in [2.75, 3.05) is 25.5 Å². The van der Waals surface area contributed by atoms with Gasteiger partial charge in [0.15, 0.2) is 29.3 Å². The lowest BCUT2D eigenvalue weighted by Crippen LogP contribution is -2.42. The van der Waals surface area contributed by atoms with Gasteiger partial charge in [-0.2, -0.15) is 0 Å². The number of nitrogens with one attached hydrogen (secondary N) is 2. The maximum atomic E-state index is 12.5. The van der Waals surface area contributed by atoms with E-state index in [4.69, 9.17) is 9.47 Å². The van der Waals surface area contributed by atoms with E-state index in [9.17, 15) is 19.8 Å². The highest BCUT2D eigenvalue weighted by atomic mass is 16.6. The van der Waals surface area contributed by atoms with Gasteiger partial charge in [-0.25, -0.2) is 19.7 Å². The van der Waals surface area contributed by atoms with E-state index in [1.807, 2.05) is 60.7 Å². The molecule has 40 heavy (non-hydrogen) atoms. The van der Waals surface area contributed by atoms with Crippen molar-refractivity contribution in [3.63, 3.8) is 0 Å². The van der Waals surface area contributed by atoms with Crippen molar-refractivity contribution in [2.45, 2.75) is 37.4 Å². The number of aromatic nitrogens is 4. The zero-order chi connectivity index (χ0) is 28.2. The number of amides is 1. The molecule has 3 heterocycles. The first-order valence-electron chi connectivity index (χ1n) is 12.9. The van der Waals surface area contributed by atoms with Gasteiger partial charge in [-0.15, -0.1) is 0 Å². The molecule has 1 aliphatic rings. The van der Waals surface area contributed by atoms with Crippen LogP contribution in [0.25, 0.3) is 11.2 Å². The molecule has 4 aromatic rings. The van der Waals surface area contributed by atoms with Crippen LogP contribution in [0.15, 0.2) is 67.0 Å². The topological polar surface area (TPSA) is 161 Å². The average molecular weight is 547 g/mol. The molecule has 1 amide bonds. The summed E-state index contributed by atoms with van der Waals surface area (Å²) in [7, 11) is 1.22. The fourth-order valence-corrected chi connectivity index (χ4v) is 4.79. The lowest BCUT2D eigenvalue weighted by Gasteiger charge is -2.20. The van der Waals surface area contributed by atoms with E-state index in [0.717, 1.165) is 11.1 Å².